The van der Waals surface area contributed by atoms with E-state index in [2.05, 4.69) is 4.99 Å². The molecular formula is C25H22N2O5S. The van der Waals surface area contributed by atoms with Crippen molar-refractivity contribution in [2.24, 2.45) is 4.99 Å². The van der Waals surface area contributed by atoms with E-state index in [1.54, 1.807) is 48.8 Å². The summed E-state index contributed by atoms with van der Waals surface area (Å²) < 4.78 is 12.4. The van der Waals surface area contributed by atoms with Gasteiger partial charge in [-0.05, 0) is 43.2 Å². The molecule has 0 saturated heterocycles. The Morgan fingerprint density at radius 1 is 1.12 bits per heavy atom. The zero-order valence-electron chi connectivity index (χ0n) is 18.4. The molecule has 168 valence electrons. The Morgan fingerprint density at radius 3 is 2.45 bits per heavy atom. The molecule has 1 aliphatic heterocycles. The molecule has 4 rings (SSSR count). The van der Waals surface area contributed by atoms with Gasteiger partial charge in [0.25, 0.3) is 5.56 Å². The largest absolute Gasteiger partial charge is 0.463 e. The summed E-state index contributed by atoms with van der Waals surface area (Å²) in [5.74, 6) is -0.451. The maximum absolute atomic E-state index is 13.5. The van der Waals surface area contributed by atoms with Gasteiger partial charge in [-0.25, -0.2) is 9.79 Å². The molecule has 2 heterocycles. The molecule has 0 amide bonds. The number of fused-ring (bicyclic) bond motifs is 1. The number of hydrogen-bond acceptors (Lipinski definition) is 7. The van der Waals surface area contributed by atoms with Gasteiger partial charge in [0.2, 0.25) is 0 Å². The number of nitrogens with zero attached hydrogens (tertiary/aromatic N) is 2. The predicted octanol–water partition coefficient (Wildman–Crippen LogP) is 2.72. The standard InChI is InChI=1S/C25H22N2O5S/c1-4-31-24(30)21-15(2)26-25-27(22(21)18-8-6-5-7-9-18)23(29)20(33-25)14-17-10-12-19(13-11-17)32-16(3)28/h5-14,22H,4H2,1-3H3/b20-14-. The summed E-state index contributed by atoms with van der Waals surface area (Å²) in [5.41, 5.74) is 2.21. The van der Waals surface area contributed by atoms with Gasteiger partial charge in [-0.15, -0.1) is 0 Å². The number of allylic oxidation sites excluding steroid dienone is 1. The molecule has 0 radical (unpaired) electrons. The van der Waals surface area contributed by atoms with E-state index in [0.717, 1.165) is 11.1 Å². The first kappa shape index (κ1) is 22.4. The van der Waals surface area contributed by atoms with Crippen LogP contribution in [-0.2, 0) is 14.3 Å². The second kappa shape index (κ2) is 9.38. The average molecular weight is 463 g/mol. The van der Waals surface area contributed by atoms with E-state index in [0.29, 0.717) is 26.4 Å². The fourth-order valence-electron chi connectivity index (χ4n) is 3.69. The summed E-state index contributed by atoms with van der Waals surface area (Å²) in [6.45, 7) is 5.07. The third-order valence-electron chi connectivity index (χ3n) is 5.07. The van der Waals surface area contributed by atoms with Crippen molar-refractivity contribution in [3.05, 3.63) is 96.7 Å². The van der Waals surface area contributed by atoms with Gasteiger partial charge < -0.3 is 9.47 Å². The van der Waals surface area contributed by atoms with Crippen LogP contribution in [0.15, 0.2) is 75.7 Å². The van der Waals surface area contributed by atoms with E-state index >= 15 is 0 Å². The Morgan fingerprint density at radius 2 is 1.82 bits per heavy atom. The maximum Gasteiger partial charge on any atom is 0.338 e. The van der Waals surface area contributed by atoms with Crippen LogP contribution in [0.5, 0.6) is 5.75 Å². The monoisotopic (exact) mass is 462 g/mol. The molecule has 0 aliphatic carbocycles. The number of carbonyl (C=O) groups is 2. The van der Waals surface area contributed by atoms with E-state index in [-0.39, 0.29) is 12.2 Å². The lowest BCUT2D eigenvalue weighted by molar-refractivity contribution is -0.139. The first-order valence-electron chi connectivity index (χ1n) is 10.4. The minimum atomic E-state index is -0.630. The summed E-state index contributed by atoms with van der Waals surface area (Å²) in [4.78, 5) is 42.5. The van der Waals surface area contributed by atoms with Crippen molar-refractivity contribution in [2.75, 3.05) is 6.61 Å². The normalized spacial score (nSPS) is 15.6. The number of ether oxygens (including phenoxy) is 2. The van der Waals surface area contributed by atoms with Crippen molar-refractivity contribution >= 4 is 29.4 Å². The van der Waals surface area contributed by atoms with E-state index in [4.69, 9.17) is 9.47 Å². The molecule has 33 heavy (non-hydrogen) atoms. The molecule has 8 heteroatoms. The van der Waals surface area contributed by atoms with Gasteiger partial charge in [0.1, 0.15) is 5.75 Å². The summed E-state index contributed by atoms with van der Waals surface area (Å²) >= 11 is 1.26. The van der Waals surface area contributed by atoms with Crippen LogP contribution in [0.25, 0.3) is 6.08 Å². The van der Waals surface area contributed by atoms with Crippen LogP contribution in [0.3, 0.4) is 0 Å². The van der Waals surface area contributed by atoms with Gasteiger partial charge >= 0.3 is 11.9 Å². The van der Waals surface area contributed by atoms with Crippen LogP contribution in [0.2, 0.25) is 0 Å². The minimum Gasteiger partial charge on any atom is -0.463 e. The Balaban J connectivity index is 1.85. The molecule has 0 N–H and O–H groups in total. The SMILES string of the molecule is CCOC(=O)C1=C(C)N=c2s/c(=C\c3ccc(OC(C)=O)cc3)c(=O)n2C1c1ccccc1. The molecule has 2 aromatic carbocycles. The van der Waals surface area contributed by atoms with Crippen molar-refractivity contribution < 1.29 is 19.1 Å². The van der Waals surface area contributed by atoms with Gasteiger partial charge in [-0.1, -0.05) is 53.8 Å². The highest BCUT2D eigenvalue weighted by Gasteiger charge is 2.33. The Hall–Kier alpha value is -3.78. The highest BCUT2D eigenvalue weighted by Crippen LogP contribution is 2.30. The highest BCUT2D eigenvalue weighted by atomic mass is 32.1. The lowest BCUT2D eigenvalue weighted by Crippen LogP contribution is -2.39. The zero-order valence-corrected chi connectivity index (χ0v) is 19.2. The van der Waals surface area contributed by atoms with E-state index in [9.17, 15) is 14.4 Å². The number of rotatable bonds is 5. The smallest absolute Gasteiger partial charge is 0.338 e. The molecule has 1 aliphatic rings. The summed E-state index contributed by atoms with van der Waals surface area (Å²) in [5, 5.41) is 0. The quantitative estimate of drug-likeness (QED) is 0.430. The highest BCUT2D eigenvalue weighted by molar-refractivity contribution is 7.07. The average Bonchev–Trinajstić information content (AvgIpc) is 3.09. The Labute approximate surface area is 193 Å². The lowest BCUT2D eigenvalue weighted by Gasteiger charge is -2.24. The van der Waals surface area contributed by atoms with Crippen LogP contribution in [0, 0.1) is 0 Å². The van der Waals surface area contributed by atoms with E-state index in [1.165, 1.54) is 18.3 Å². The lowest BCUT2D eigenvalue weighted by atomic mass is 9.96. The Bertz CT molecular complexity index is 1420. The number of aromatic nitrogens is 1. The van der Waals surface area contributed by atoms with Gasteiger partial charge in [-0.2, -0.15) is 0 Å². The molecule has 0 bridgehead atoms. The fourth-order valence-corrected chi connectivity index (χ4v) is 4.74. The number of esters is 2. The summed E-state index contributed by atoms with van der Waals surface area (Å²) in [6.07, 6.45) is 1.76. The van der Waals surface area contributed by atoms with Gasteiger partial charge in [0.05, 0.1) is 28.5 Å². The van der Waals surface area contributed by atoms with Crippen LogP contribution in [-0.4, -0.2) is 23.1 Å². The molecule has 1 atom stereocenters. The summed E-state index contributed by atoms with van der Waals surface area (Å²) in [6, 6.07) is 15.6. The van der Waals surface area contributed by atoms with E-state index in [1.807, 2.05) is 30.3 Å². The van der Waals surface area contributed by atoms with Gasteiger partial charge in [0.15, 0.2) is 4.80 Å². The molecule has 0 spiro atoms. The van der Waals surface area contributed by atoms with Crippen molar-refractivity contribution in [2.45, 2.75) is 26.8 Å². The van der Waals surface area contributed by atoms with Crippen molar-refractivity contribution in [1.29, 1.82) is 0 Å². The maximum atomic E-state index is 13.5. The molecule has 0 saturated carbocycles. The number of hydrogen-bond donors (Lipinski definition) is 0. The fraction of sp³-hybridized carbons (Fsp3) is 0.200. The van der Waals surface area contributed by atoms with Crippen LogP contribution in [0.4, 0.5) is 0 Å². The topological polar surface area (TPSA) is 87.0 Å². The Kier molecular flexibility index (Phi) is 6.37. The van der Waals surface area contributed by atoms with Crippen molar-refractivity contribution in [1.82, 2.24) is 4.57 Å². The third-order valence-corrected chi connectivity index (χ3v) is 6.05. The molecule has 1 unspecified atom stereocenters. The molecule has 1 aromatic heterocycles. The first-order chi connectivity index (χ1) is 15.9. The molecule has 0 fully saturated rings. The number of thiazole rings is 1. The van der Waals surface area contributed by atoms with Crippen LogP contribution in [0.1, 0.15) is 37.9 Å². The van der Waals surface area contributed by atoms with Gasteiger partial charge in [-0.3, -0.25) is 14.2 Å². The molecular weight excluding hydrogens is 440 g/mol. The third kappa shape index (κ3) is 4.56. The minimum absolute atomic E-state index is 0.227. The van der Waals surface area contributed by atoms with Crippen LogP contribution < -0.4 is 19.6 Å². The zero-order chi connectivity index (χ0) is 23.5. The molecule has 7 nitrogen and oxygen atoms in total. The van der Waals surface area contributed by atoms with Crippen molar-refractivity contribution in [3.8, 4) is 5.75 Å². The number of carbonyl (C=O) groups excluding carboxylic acids is 2. The van der Waals surface area contributed by atoms with Crippen LogP contribution >= 0.6 is 11.3 Å². The second-order valence-electron chi connectivity index (χ2n) is 7.38. The summed E-state index contributed by atoms with van der Waals surface area (Å²) in [7, 11) is 0. The van der Waals surface area contributed by atoms with Gasteiger partial charge in [0, 0.05) is 6.92 Å². The van der Waals surface area contributed by atoms with E-state index < -0.39 is 18.0 Å². The predicted molar refractivity (Wildman–Crippen MR) is 125 cm³/mol. The second-order valence-corrected chi connectivity index (χ2v) is 8.38. The number of benzene rings is 2. The molecule has 3 aromatic rings. The van der Waals surface area contributed by atoms with Crippen molar-refractivity contribution in [3.63, 3.8) is 0 Å². The first-order valence-corrected chi connectivity index (χ1v) is 11.2.